The first kappa shape index (κ1) is 17.2. The van der Waals surface area contributed by atoms with Gasteiger partial charge in [0, 0.05) is 6.42 Å². The lowest BCUT2D eigenvalue weighted by Gasteiger charge is -2.23. The van der Waals surface area contributed by atoms with Crippen LogP contribution < -0.4 is 4.74 Å². The first-order valence-electron chi connectivity index (χ1n) is 9.13. The molecule has 3 heteroatoms. The van der Waals surface area contributed by atoms with E-state index in [-0.39, 0.29) is 17.2 Å². The molecule has 1 unspecified atom stereocenters. The van der Waals surface area contributed by atoms with Crippen LogP contribution >= 0.6 is 0 Å². The average molecular weight is 364 g/mol. The third kappa shape index (κ3) is 4.12. The van der Waals surface area contributed by atoms with Gasteiger partial charge in [0.2, 0.25) is 0 Å². The molecular formula is C23H23O2S+. The summed E-state index contributed by atoms with van der Waals surface area (Å²) < 4.78 is 11.7. The molecule has 1 heterocycles. The van der Waals surface area contributed by atoms with Crippen molar-refractivity contribution in [2.24, 2.45) is 0 Å². The van der Waals surface area contributed by atoms with Crippen molar-refractivity contribution in [3.8, 4) is 5.75 Å². The Hall–Kier alpha value is -2.23. The number of ether oxygens (including phenoxy) is 2. The molecule has 3 aromatic carbocycles. The van der Waals surface area contributed by atoms with Crippen molar-refractivity contribution < 1.29 is 9.47 Å². The predicted molar refractivity (Wildman–Crippen MR) is 106 cm³/mol. The van der Waals surface area contributed by atoms with Gasteiger partial charge in [-0.25, -0.2) is 0 Å². The van der Waals surface area contributed by atoms with Crippen LogP contribution in [0.1, 0.15) is 19.3 Å². The molecule has 1 aliphatic heterocycles. The molecule has 26 heavy (non-hydrogen) atoms. The van der Waals surface area contributed by atoms with Crippen LogP contribution in [-0.4, -0.2) is 12.9 Å². The topological polar surface area (TPSA) is 18.5 Å². The molecule has 0 saturated carbocycles. The highest BCUT2D eigenvalue weighted by molar-refractivity contribution is 7.97. The van der Waals surface area contributed by atoms with Crippen molar-refractivity contribution in [2.45, 2.75) is 40.2 Å². The summed E-state index contributed by atoms with van der Waals surface area (Å²) in [6, 6.07) is 29.9. The summed E-state index contributed by atoms with van der Waals surface area (Å²) in [5.41, 5.74) is 0. The van der Waals surface area contributed by atoms with Crippen LogP contribution in [0.15, 0.2) is 99.6 Å². The Labute approximate surface area is 158 Å². The van der Waals surface area contributed by atoms with Gasteiger partial charge in [0.1, 0.15) is 5.75 Å². The van der Waals surface area contributed by atoms with Crippen molar-refractivity contribution in [1.29, 1.82) is 0 Å². The molecule has 0 aliphatic carbocycles. The smallest absolute Gasteiger partial charge is 0.199 e. The van der Waals surface area contributed by atoms with Gasteiger partial charge in [-0.05, 0) is 61.4 Å². The van der Waals surface area contributed by atoms with E-state index < -0.39 is 0 Å². The molecule has 3 aromatic rings. The Balaban J connectivity index is 1.59. The van der Waals surface area contributed by atoms with E-state index in [9.17, 15) is 0 Å². The van der Waals surface area contributed by atoms with Crippen LogP contribution in [0.2, 0.25) is 0 Å². The highest BCUT2D eigenvalue weighted by atomic mass is 32.2. The van der Waals surface area contributed by atoms with Crippen molar-refractivity contribution in [3.63, 3.8) is 0 Å². The van der Waals surface area contributed by atoms with Gasteiger partial charge in [0.25, 0.3) is 0 Å². The zero-order valence-corrected chi connectivity index (χ0v) is 15.5. The fourth-order valence-corrected chi connectivity index (χ4v) is 5.21. The van der Waals surface area contributed by atoms with E-state index in [1.807, 2.05) is 0 Å². The Morgan fingerprint density at radius 2 is 1.27 bits per heavy atom. The molecule has 0 bridgehead atoms. The second kappa shape index (κ2) is 8.43. The minimum absolute atomic E-state index is 0.101. The highest BCUT2D eigenvalue weighted by Crippen LogP contribution is 2.32. The molecule has 1 aliphatic rings. The maximum atomic E-state index is 5.98. The Morgan fingerprint density at radius 3 is 1.81 bits per heavy atom. The second-order valence-electron chi connectivity index (χ2n) is 6.32. The Morgan fingerprint density at radius 1 is 0.692 bits per heavy atom. The molecule has 0 spiro atoms. The van der Waals surface area contributed by atoms with Crippen molar-refractivity contribution in [3.05, 3.63) is 84.9 Å². The molecule has 132 valence electrons. The fourth-order valence-electron chi connectivity index (χ4n) is 3.13. The molecule has 1 fully saturated rings. The monoisotopic (exact) mass is 363 g/mol. The van der Waals surface area contributed by atoms with Crippen molar-refractivity contribution in [2.75, 3.05) is 6.61 Å². The molecule has 0 aromatic heterocycles. The normalized spacial score (nSPS) is 17.2. The third-order valence-corrected chi connectivity index (χ3v) is 6.65. The molecular weight excluding hydrogens is 340 g/mol. The van der Waals surface area contributed by atoms with E-state index in [2.05, 4.69) is 84.9 Å². The van der Waals surface area contributed by atoms with E-state index in [4.69, 9.17) is 9.47 Å². The maximum Gasteiger partial charge on any atom is 0.199 e. The zero-order chi connectivity index (χ0) is 17.6. The van der Waals surface area contributed by atoms with E-state index in [1.165, 1.54) is 21.1 Å². The fraction of sp³-hybridized carbons (Fsp3) is 0.217. The van der Waals surface area contributed by atoms with Gasteiger partial charge in [0.05, 0.1) is 17.5 Å². The second-order valence-corrected chi connectivity index (χ2v) is 8.34. The first-order valence-corrected chi connectivity index (χ1v) is 10.4. The molecule has 2 nitrogen and oxygen atoms in total. The quantitative estimate of drug-likeness (QED) is 0.542. The van der Waals surface area contributed by atoms with Gasteiger partial charge < -0.3 is 9.47 Å². The number of rotatable bonds is 5. The van der Waals surface area contributed by atoms with Gasteiger partial charge >= 0.3 is 0 Å². The summed E-state index contributed by atoms with van der Waals surface area (Å²) >= 11 is 0. The van der Waals surface area contributed by atoms with Crippen LogP contribution in [0.25, 0.3) is 0 Å². The van der Waals surface area contributed by atoms with Crippen molar-refractivity contribution in [1.82, 2.24) is 0 Å². The summed E-state index contributed by atoms with van der Waals surface area (Å²) in [5, 5.41) is 0. The largest absolute Gasteiger partial charge is 0.465 e. The van der Waals surface area contributed by atoms with Crippen molar-refractivity contribution >= 4 is 10.9 Å². The predicted octanol–water partition coefficient (Wildman–Crippen LogP) is 5.69. The van der Waals surface area contributed by atoms with Gasteiger partial charge in [-0.2, -0.15) is 0 Å². The Bertz CT molecular complexity index is 757. The van der Waals surface area contributed by atoms with Gasteiger partial charge in [-0.3, -0.25) is 0 Å². The number of hydrogen-bond donors (Lipinski definition) is 0. The maximum absolute atomic E-state index is 5.98. The lowest BCUT2D eigenvalue weighted by molar-refractivity contribution is -0.105. The Kier molecular flexibility index (Phi) is 5.58. The minimum atomic E-state index is -0.116. The van der Waals surface area contributed by atoms with Crippen LogP contribution in [0, 0.1) is 0 Å². The summed E-state index contributed by atoms with van der Waals surface area (Å²) in [6.07, 6.45) is 3.18. The summed E-state index contributed by atoms with van der Waals surface area (Å²) in [5.74, 6) is 0.880. The van der Waals surface area contributed by atoms with E-state index in [1.54, 1.807) is 0 Å². The highest BCUT2D eigenvalue weighted by Gasteiger charge is 2.28. The van der Waals surface area contributed by atoms with Gasteiger partial charge in [-0.15, -0.1) is 0 Å². The molecule has 1 saturated heterocycles. The SMILES string of the molecule is c1ccc([S+](c2ccccc2)c2ccc(OC3CCCCO3)cc2)cc1. The third-order valence-electron chi connectivity index (χ3n) is 4.42. The molecule has 0 N–H and O–H groups in total. The summed E-state index contributed by atoms with van der Waals surface area (Å²) in [4.78, 5) is 3.94. The number of hydrogen-bond acceptors (Lipinski definition) is 2. The van der Waals surface area contributed by atoms with Crippen LogP contribution in [-0.2, 0) is 15.6 Å². The molecule has 0 radical (unpaired) electrons. The van der Waals surface area contributed by atoms with E-state index >= 15 is 0 Å². The van der Waals surface area contributed by atoms with Crippen LogP contribution in [0.4, 0.5) is 0 Å². The van der Waals surface area contributed by atoms with Gasteiger partial charge in [-0.1, -0.05) is 36.4 Å². The van der Waals surface area contributed by atoms with E-state index in [0.717, 1.165) is 25.2 Å². The average Bonchev–Trinajstić information content (AvgIpc) is 2.72. The standard InChI is InChI=1S/C23H23O2S/c1-3-9-20(10-4-1)26(21-11-5-2-6-12-21)22-16-14-19(15-17-22)25-23-13-7-8-18-24-23/h1-6,9-12,14-17,23H,7-8,13,18H2/q+1. The lowest BCUT2D eigenvalue weighted by Crippen LogP contribution is -2.24. The zero-order valence-electron chi connectivity index (χ0n) is 14.7. The van der Waals surface area contributed by atoms with Crippen LogP contribution in [0.5, 0.6) is 5.75 Å². The minimum Gasteiger partial charge on any atom is -0.465 e. The van der Waals surface area contributed by atoms with E-state index in [0.29, 0.717) is 0 Å². The molecule has 1 atom stereocenters. The molecule has 0 amide bonds. The summed E-state index contributed by atoms with van der Waals surface area (Å²) in [6.45, 7) is 0.800. The lowest BCUT2D eigenvalue weighted by atomic mass is 10.2. The van der Waals surface area contributed by atoms with Crippen LogP contribution in [0.3, 0.4) is 0 Å². The first-order chi connectivity index (χ1) is 12.9. The summed E-state index contributed by atoms with van der Waals surface area (Å²) in [7, 11) is -0.116. The number of benzene rings is 3. The molecule has 4 rings (SSSR count). The van der Waals surface area contributed by atoms with Gasteiger partial charge in [0.15, 0.2) is 21.0 Å².